The van der Waals surface area contributed by atoms with Gasteiger partial charge in [0.15, 0.2) is 0 Å². The molecule has 2 aromatic rings. The maximum Gasteiger partial charge on any atom is 0.327 e. The number of methoxy groups -OCH3 is 1. The van der Waals surface area contributed by atoms with Crippen molar-refractivity contribution in [2.75, 3.05) is 32.3 Å². The average molecular weight is 484 g/mol. The van der Waals surface area contributed by atoms with E-state index in [2.05, 4.69) is 16.0 Å². The number of rotatable bonds is 6. The van der Waals surface area contributed by atoms with E-state index in [1.165, 1.54) is 18.8 Å². The first kappa shape index (κ1) is 24.1. The summed E-state index contributed by atoms with van der Waals surface area (Å²) in [4.78, 5) is 41.0. The number of nitrogens with one attached hydrogen (secondary N) is 3. The minimum absolute atomic E-state index is 0.152. The highest BCUT2D eigenvalue weighted by atomic mass is 32.2. The second-order valence-electron chi connectivity index (χ2n) is 8.45. The molecule has 0 spiro atoms. The maximum atomic E-state index is 13.1. The van der Waals surface area contributed by atoms with Crippen LogP contribution in [0.3, 0.4) is 0 Å². The summed E-state index contributed by atoms with van der Waals surface area (Å²) in [6.45, 7) is 1.96. The van der Waals surface area contributed by atoms with Gasteiger partial charge in [0, 0.05) is 19.8 Å². The molecule has 9 nitrogen and oxygen atoms in total. The van der Waals surface area contributed by atoms with Crippen LogP contribution in [0.15, 0.2) is 48.5 Å². The lowest BCUT2D eigenvalue weighted by Gasteiger charge is -2.50. The summed E-state index contributed by atoms with van der Waals surface area (Å²) in [5.41, 5.74) is 2.72. The first-order chi connectivity index (χ1) is 16.3. The van der Waals surface area contributed by atoms with Crippen LogP contribution in [0, 0.1) is 12.8 Å². The van der Waals surface area contributed by atoms with Crippen LogP contribution < -0.4 is 20.7 Å². The highest BCUT2D eigenvalue weighted by Gasteiger charge is 2.51. The number of amides is 4. The number of imide groups is 1. The zero-order valence-electron chi connectivity index (χ0n) is 19.6. The lowest BCUT2D eigenvalue weighted by molar-refractivity contribution is -0.140. The van der Waals surface area contributed by atoms with Gasteiger partial charge in [-0.1, -0.05) is 24.3 Å². The Kier molecular flexibility index (Phi) is 7.11. The molecule has 4 rings (SSSR count). The molecule has 4 unspecified atom stereocenters. The number of hydrogen-bond acceptors (Lipinski definition) is 7. The number of hydrogen-bond donors (Lipinski definition) is 3. The average Bonchev–Trinajstić information content (AvgIpc) is 2.84. The molecule has 4 atom stereocenters. The number of ether oxygens (including phenoxy) is 1. The minimum atomic E-state index is -0.557. The van der Waals surface area contributed by atoms with Crippen LogP contribution in [-0.2, 0) is 9.59 Å². The quantitative estimate of drug-likeness (QED) is 0.580. The van der Waals surface area contributed by atoms with Crippen LogP contribution in [0.5, 0.6) is 5.75 Å². The molecule has 4 amide bonds. The van der Waals surface area contributed by atoms with Crippen molar-refractivity contribution in [2.45, 2.75) is 24.6 Å². The highest BCUT2D eigenvalue weighted by Crippen LogP contribution is 2.34. The molecule has 2 saturated heterocycles. The number of thioether (sulfide) groups is 1. The fourth-order valence-corrected chi connectivity index (χ4v) is 5.38. The zero-order chi connectivity index (χ0) is 24.4. The first-order valence-electron chi connectivity index (χ1n) is 11.0. The number of benzene rings is 2. The largest absolute Gasteiger partial charge is 0.497 e. The summed E-state index contributed by atoms with van der Waals surface area (Å²) in [5, 5.41) is 9.38. The van der Waals surface area contributed by atoms with Crippen molar-refractivity contribution < 1.29 is 19.1 Å². The number of carbonyl (C=O) groups is 3. The summed E-state index contributed by atoms with van der Waals surface area (Å²) in [6.07, 6.45) is -0.835. The fraction of sp³-hybridized carbons (Fsp3) is 0.375. The SMILES string of the molecule is COc1ccc(C2NC(SCC(=O)Nc3cccc(C)c3)C3C(=O)N(C)C(=O)N(C)C3N2)cc1. The van der Waals surface area contributed by atoms with E-state index in [-0.39, 0.29) is 29.8 Å². The molecule has 2 aliphatic rings. The third kappa shape index (κ3) is 4.89. The fourth-order valence-electron chi connectivity index (χ4n) is 4.27. The monoisotopic (exact) mass is 483 g/mol. The van der Waals surface area contributed by atoms with Crippen molar-refractivity contribution in [3.8, 4) is 5.75 Å². The van der Waals surface area contributed by atoms with Crippen molar-refractivity contribution in [3.63, 3.8) is 0 Å². The van der Waals surface area contributed by atoms with Crippen LogP contribution >= 0.6 is 11.8 Å². The van der Waals surface area contributed by atoms with Gasteiger partial charge in [-0.25, -0.2) is 4.79 Å². The van der Waals surface area contributed by atoms with Crippen molar-refractivity contribution in [1.29, 1.82) is 0 Å². The standard InChI is InChI=1S/C24H29N5O4S/c1-14-6-5-7-16(12-14)25-18(30)13-34-22-19-21(28(2)24(32)29(3)23(19)31)26-20(27-22)15-8-10-17(33-4)11-9-15/h5-12,19-22,26-27H,13H2,1-4H3,(H,25,30). The number of carbonyl (C=O) groups excluding carboxylic acids is 3. The number of urea groups is 1. The van der Waals surface area contributed by atoms with Gasteiger partial charge in [0.1, 0.15) is 5.75 Å². The molecule has 0 radical (unpaired) electrons. The van der Waals surface area contributed by atoms with Crippen LogP contribution in [0.4, 0.5) is 10.5 Å². The van der Waals surface area contributed by atoms with Gasteiger partial charge in [-0.3, -0.25) is 25.1 Å². The van der Waals surface area contributed by atoms with Crippen molar-refractivity contribution in [3.05, 3.63) is 59.7 Å². The van der Waals surface area contributed by atoms with Crippen molar-refractivity contribution in [2.24, 2.45) is 5.92 Å². The topological polar surface area (TPSA) is 103 Å². The molecular formula is C24H29N5O4S. The van der Waals surface area contributed by atoms with E-state index >= 15 is 0 Å². The van der Waals surface area contributed by atoms with Gasteiger partial charge in [0.2, 0.25) is 11.8 Å². The third-order valence-corrected chi connectivity index (χ3v) is 7.32. The number of anilines is 1. The van der Waals surface area contributed by atoms with Gasteiger partial charge in [0.05, 0.1) is 36.5 Å². The molecule has 2 aliphatic heterocycles. The molecule has 0 saturated carbocycles. The Morgan fingerprint density at radius 2 is 1.85 bits per heavy atom. The van der Waals surface area contributed by atoms with E-state index in [1.54, 1.807) is 19.1 Å². The van der Waals surface area contributed by atoms with Gasteiger partial charge >= 0.3 is 6.03 Å². The zero-order valence-corrected chi connectivity index (χ0v) is 20.4. The highest BCUT2D eigenvalue weighted by molar-refractivity contribution is 8.00. The Labute approximate surface area is 203 Å². The summed E-state index contributed by atoms with van der Waals surface area (Å²) in [6, 6.07) is 14.8. The van der Waals surface area contributed by atoms with Crippen LogP contribution in [0.1, 0.15) is 17.3 Å². The van der Waals surface area contributed by atoms with E-state index < -0.39 is 17.5 Å². The van der Waals surface area contributed by atoms with Gasteiger partial charge in [0.25, 0.3) is 0 Å². The molecule has 2 fully saturated rings. The van der Waals surface area contributed by atoms with Gasteiger partial charge < -0.3 is 15.0 Å². The Hall–Kier alpha value is -3.08. The van der Waals surface area contributed by atoms with E-state index in [9.17, 15) is 14.4 Å². The van der Waals surface area contributed by atoms with Gasteiger partial charge in [-0.05, 0) is 42.3 Å². The Balaban J connectivity index is 1.53. The molecule has 0 bridgehead atoms. The number of fused-ring (bicyclic) bond motifs is 1. The normalized spacial score (nSPS) is 24.6. The smallest absolute Gasteiger partial charge is 0.327 e. The molecule has 34 heavy (non-hydrogen) atoms. The third-order valence-electron chi connectivity index (χ3n) is 6.10. The van der Waals surface area contributed by atoms with E-state index in [1.807, 2.05) is 55.5 Å². The summed E-state index contributed by atoms with van der Waals surface area (Å²) < 4.78 is 5.25. The Bertz CT molecular complexity index is 1080. The Morgan fingerprint density at radius 1 is 1.12 bits per heavy atom. The van der Waals surface area contributed by atoms with E-state index in [0.29, 0.717) is 0 Å². The van der Waals surface area contributed by atoms with Crippen LogP contribution in [0.25, 0.3) is 0 Å². The molecule has 0 aliphatic carbocycles. The van der Waals surface area contributed by atoms with Crippen LogP contribution in [0.2, 0.25) is 0 Å². The molecule has 2 aromatic carbocycles. The molecule has 180 valence electrons. The molecule has 0 aromatic heterocycles. The van der Waals surface area contributed by atoms with Gasteiger partial charge in [-0.2, -0.15) is 0 Å². The minimum Gasteiger partial charge on any atom is -0.497 e. The van der Waals surface area contributed by atoms with E-state index in [0.717, 1.165) is 27.5 Å². The lowest BCUT2D eigenvalue weighted by atomic mass is 9.96. The predicted molar refractivity (Wildman–Crippen MR) is 131 cm³/mol. The lowest BCUT2D eigenvalue weighted by Crippen LogP contribution is -2.72. The molecular weight excluding hydrogens is 454 g/mol. The van der Waals surface area contributed by atoms with Crippen molar-refractivity contribution in [1.82, 2.24) is 20.4 Å². The first-order valence-corrected chi connectivity index (χ1v) is 12.0. The summed E-state index contributed by atoms with van der Waals surface area (Å²) >= 11 is 1.36. The second-order valence-corrected chi connectivity index (χ2v) is 9.58. The predicted octanol–water partition coefficient (Wildman–Crippen LogP) is 2.36. The molecule has 3 N–H and O–H groups in total. The summed E-state index contributed by atoms with van der Waals surface area (Å²) in [5.74, 6) is -0.108. The van der Waals surface area contributed by atoms with E-state index in [4.69, 9.17) is 4.74 Å². The summed E-state index contributed by atoms with van der Waals surface area (Å²) in [7, 11) is 4.77. The maximum absolute atomic E-state index is 13.1. The van der Waals surface area contributed by atoms with Gasteiger partial charge in [-0.15, -0.1) is 11.8 Å². The van der Waals surface area contributed by atoms with Crippen LogP contribution in [-0.4, -0.2) is 66.1 Å². The number of nitrogens with zero attached hydrogens (tertiary/aromatic N) is 2. The molecule has 10 heteroatoms. The van der Waals surface area contributed by atoms with Crippen molar-refractivity contribution >= 4 is 35.3 Å². The molecule has 2 heterocycles. The second kappa shape index (κ2) is 10.0. The number of aryl methyl sites for hydroxylation is 1. The Morgan fingerprint density at radius 3 is 2.53 bits per heavy atom.